The van der Waals surface area contributed by atoms with Gasteiger partial charge in [-0.3, -0.25) is 9.69 Å². The first-order valence-electron chi connectivity index (χ1n) is 9.30. The Kier molecular flexibility index (Phi) is 8.31. The Morgan fingerprint density at radius 3 is 2.74 bits per heavy atom. The number of hydrogen-bond donors (Lipinski definition) is 0. The SMILES string of the molecule is Cl.O=C(CSc1ccc(F)cc1)N(CCCn1ccnc1)c1nc2c(Cl)cccc2s1. The standard InChI is InChI=1S/C21H18ClFN4OS2.ClH/c22-17-3-1-4-18-20(17)25-21(30-18)27(11-2-10-26-12-9-24-14-26)19(28)13-29-16-7-5-15(23)6-8-16;/h1,3-9,12,14H,2,10-11,13H2;1H. The van der Waals surface area contributed by atoms with E-state index in [1.54, 1.807) is 35.6 Å². The molecule has 2 aromatic heterocycles. The number of anilines is 1. The number of thioether (sulfide) groups is 1. The lowest BCUT2D eigenvalue weighted by molar-refractivity contribution is -0.116. The number of carbonyl (C=O) groups excluding carboxylic acids is 1. The number of benzene rings is 2. The molecule has 0 radical (unpaired) electrons. The molecule has 0 aliphatic rings. The minimum atomic E-state index is -0.293. The summed E-state index contributed by atoms with van der Waals surface area (Å²) < 4.78 is 16.0. The van der Waals surface area contributed by atoms with Gasteiger partial charge in [-0.25, -0.2) is 14.4 Å². The van der Waals surface area contributed by atoms with Gasteiger partial charge >= 0.3 is 0 Å². The number of aromatic nitrogens is 3. The van der Waals surface area contributed by atoms with Crippen LogP contribution in [0.5, 0.6) is 0 Å². The number of imidazole rings is 1. The van der Waals surface area contributed by atoms with Gasteiger partial charge in [0.15, 0.2) is 5.13 Å². The highest BCUT2D eigenvalue weighted by Crippen LogP contribution is 2.33. The summed E-state index contributed by atoms with van der Waals surface area (Å²) in [6.45, 7) is 1.28. The molecule has 0 unspecified atom stereocenters. The van der Waals surface area contributed by atoms with Crippen molar-refractivity contribution < 1.29 is 9.18 Å². The quantitative estimate of drug-likeness (QED) is 0.284. The van der Waals surface area contributed by atoms with Gasteiger partial charge in [0.25, 0.3) is 0 Å². The number of amides is 1. The maximum Gasteiger partial charge on any atom is 0.239 e. The third kappa shape index (κ3) is 5.98. The zero-order valence-electron chi connectivity index (χ0n) is 16.3. The zero-order chi connectivity index (χ0) is 20.9. The maximum absolute atomic E-state index is 13.1. The van der Waals surface area contributed by atoms with E-state index in [-0.39, 0.29) is 29.9 Å². The molecule has 0 saturated carbocycles. The van der Waals surface area contributed by atoms with Crippen molar-refractivity contribution in [2.45, 2.75) is 17.9 Å². The minimum absolute atomic E-state index is 0. The van der Waals surface area contributed by atoms with E-state index in [2.05, 4.69) is 9.97 Å². The predicted molar refractivity (Wildman–Crippen MR) is 128 cm³/mol. The smallest absolute Gasteiger partial charge is 0.239 e. The first kappa shape index (κ1) is 23.5. The summed E-state index contributed by atoms with van der Waals surface area (Å²) in [7, 11) is 0. The van der Waals surface area contributed by atoms with Gasteiger partial charge in [0.1, 0.15) is 11.3 Å². The van der Waals surface area contributed by atoms with Gasteiger partial charge in [0, 0.05) is 30.4 Å². The third-order valence-corrected chi connectivity index (χ3v) is 6.77. The summed E-state index contributed by atoms with van der Waals surface area (Å²) in [5, 5.41) is 1.20. The molecule has 0 aliphatic heterocycles. The lowest BCUT2D eigenvalue weighted by Gasteiger charge is -2.20. The van der Waals surface area contributed by atoms with Crippen LogP contribution in [-0.2, 0) is 11.3 Å². The number of hydrogen-bond acceptors (Lipinski definition) is 5. The lowest BCUT2D eigenvalue weighted by atomic mass is 10.3. The van der Waals surface area contributed by atoms with Crippen molar-refractivity contribution in [1.29, 1.82) is 0 Å². The van der Waals surface area contributed by atoms with Gasteiger partial charge in [-0.05, 0) is 42.8 Å². The maximum atomic E-state index is 13.1. The Labute approximate surface area is 198 Å². The van der Waals surface area contributed by atoms with E-state index in [9.17, 15) is 9.18 Å². The van der Waals surface area contributed by atoms with Crippen LogP contribution < -0.4 is 4.90 Å². The van der Waals surface area contributed by atoms with Gasteiger partial charge in [-0.1, -0.05) is 29.0 Å². The van der Waals surface area contributed by atoms with E-state index < -0.39 is 0 Å². The first-order valence-corrected chi connectivity index (χ1v) is 11.5. The molecule has 0 fully saturated rings. The van der Waals surface area contributed by atoms with Crippen molar-refractivity contribution in [2.24, 2.45) is 0 Å². The topological polar surface area (TPSA) is 51.0 Å². The lowest BCUT2D eigenvalue weighted by Crippen LogP contribution is -2.33. The van der Waals surface area contributed by atoms with Gasteiger partial charge in [-0.15, -0.1) is 24.2 Å². The van der Waals surface area contributed by atoms with E-state index >= 15 is 0 Å². The van der Waals surface area contributed by atoms with E-state index in [0.717, 1.165) is 22.6 Å². The second-order valence-corrected chi connectivity index (χ2v) is 8.99. The monoisotopic (exact) mass is 496 g/mol. The number of thiazole rings is 1. The van der Waals surface area contributed by atoms with Crippen molar-refractivity contribution in [3.05, 3.63) is 72.0 Å². The van der Waals surface area contributed by atoms with Crippen LogP contribution in [0.1, 0.15) is 6.42 Å². The molecule has 0 saturated heterocycles. The van der Waals surface area contributed by atoms with Gasteiger partial charge in [0.2, 0.25) is 5.91 Å². The summed E-state index contributed by atoms with van der Waals surface area (Å²) in [5.41, 5.74) is 0.706. The molecule has 4 rings (SSSR count). The fraction of sp³-hybridized carbons (Fsp3) is 0.190. The molecule has 2 aromatic carbocycles. The highest BCUT2D eigenvalue weighted by atomic mass is 35.5. The normalized spacial score (nSPS) is 10.8. The molecular formula is C21H19Cl2FN4OS2. The molecule has 0 N–H and O–H groups in total. The van der Waals surface area contributed by atoms with E-state index in [1.165, 1.54) is 35.2 Å². The van der Waals surface area contributed by atoms with Crippen LogP contribution in [0.3, 0.4) is 0 Å². The average Bonchev–Trinajstić information content (AvgIpc) is 3.41. The zero-order valence-corrected chi connectivity index (χ0v) is 19.5. The van der Waals surface area contributed by atoms with Crippen molar-refractivity contribution in [3.8, 4) is 0 Å². The summed E-state index contributed by atoms with van der Waals surface area (Å²) in [6.07, 6.45) is 6.15. The molecule has 31 heavy (non-hydrogen) atoms. The van der Waals surface area contributed by atoms with E-state index in [0.29, 0.717) is 22.2 Å². The van der Waals surface area contributed by atoms with Crippen LogP contribution in [0, 0.1) is 5.82 Å². The van der Waals surface area contributed by atoms with Crippen molar-refractivity contribution in [2.75, 3.05) is 17.2 Å². The van der Waals surface area contributed by atoms with Gasteiger partial charge in [-0.2, -0.15) is 0 Å². The number of rotatable bonds is 8. The second kappa shape index (κ2) is 10.9. The molecule has 0 atom stereocenters. The molecule has 1 amide bonds. The van der Waals surface area contributed by atoms with Crippen LogP contribution >= 0.6 is 47.1 Å². The Morgan fingerprint density at radius 1 is 1.23 bits per heavy atom. The third-order valence-electron chi connectivity index (χ3n) is 4.42. The number of carbonyl (C=O) groups is 1. The number of fused-ring (bicyclic) bond motifs is 1. The summed E-state index contributed by atoms with van der Waals surface area (Å²) in [6, 6.07) is 11.8. The Hall–Kier alpha value is -2.13. The highest BCUT2D eigenvalue weighted by Gasteiger charge is 2.20. The fourth-order valence-electron chi connectivity index (χ4n) is 2.93. The number of halogens is 3. The van der Waals surface area contributed by atoms with Crippen molar-refractivity contribution in [1.82, 2.24) is 14.5 Å². The van der Waals surface area contributed by atoms with Crippen LogP contribution in [0.4, 0.5) is 9.52 Å². The molecule has 10 heteroatoms. The Balaban J connectivity index is 0.00000272. The second-order valence-electron chi connectivity index (χ2n) is 6.53. The van der Waals surface area contributed by atoms with Crippen molar-refractivity contribution >= 4 is 68.4 Å². The molecule has 0 aliphatic carbocycles. The molecule has 162 valence electrons. The van der Waals surface area contributed by atoms with Crippen LogP contribution in [0.2, 0.25) is 5.02 Å². The van der Waals surface area contributed by atoms with E-state index in [4.69, 9.17) is 11.6 Å². The Bertz CT molecular complexity index is 1140. The molecular weight excluding hydrogens is 478 g/mol. The average molecular weight is 497 g/mol. The summed E-state index contributed by atoms with van der Waals surface area (Å²) in [5.74, 6) is -0.108. The number of para-hydroxylation sites is 1. The number of aryl methyl sites for hydroxylation is 1. The fourth-order valence-corrected chi connectivity index (χ4v) is 5.01. The Morgan fingerprint density at radius 2 is 2.03 bits per heavy atom. The molecule has 0 spiro atoms. The number of nitrogens with zero attached hydrogens (tertiary/aromatic N) is 4. The van der Waals surface area contributed by atoms with Gasteiger partial charge < -0.3 is 4.57 Å². The highest BCUT2D eigenvalue weighted by molar-refractivity contribution is 8.00. The first-order chi connectivity index (χ1) is 14.6. The van der Waals surface area contributed by atoms with E-state index in [1.807, 2.05) is 22.9 Å². The summed E-state index contributed by atoms with van der Waals surface area (Å²) >= 11 is 9.11. The molecule has 5 nitrogen and oxygen atoms in total. The van der Waals surface area contributed by atoms with Crippen LogP contribution in [0.15, 0.2) is 66.1 Å². The summed E-state index contributed by atoms with van der Waals surface area (Å²) in [4.78, 5) is 24.3. The molecule has 0 bridgehead atoms. The molecule has 4 aromatic rings. The minimum Gasteiger partial charge on any atom is -0.337 e. The predicted octanol–water partition coefficient (Wildman–Crippen LogP) is 5.92. The van der Waals surface area contributed by atoms with Crippen LogP contribution in [-0.4, -0.2) is 32.7 Å². The van der Waals surface area contributed by atoms with Gasteiger partial charge in [0.05, 0.1) is 21.8 Å². The largest absolute Gasteiger partial charge is 0.337 e. The molecule has 2 heterocycles. The van der Waals surface area contributed by atoms with Crippen molar-refractivity contribution in [3.63, 3.8) is 0 Å². The van der Waals surface area contributed by atoms with Crippen LogP contribution in [0.25, 0.3) is 10.2 Å².